The fourth-order valence-corrected chi connectivity index (χ4v) is 2.77. The van der Waals surface area contributed by atoms with Gasteiger partial charge in [0.05, 0.1) is 12.4 Å². The normalized spacial score (nSPS) is 13.9. The Kier molecular flexibility index (Phi) is 8.02. The first-order valence-electron chi connectivity index (χ1n) is 8.62. The molecule has 2 aromatic rings. The molecule has 28 heavy (non-hydrogen) atoms. The van der Waals surface area contributed by atoms with Crippen molar-refractivity contribution in [1.82, 2.24) is 20.6 Å². The van der Waals surface area contributed by atoms with Gasteiger partial charge in [0.2, 0.25) is 11.8 Å². The summed E-state index contributed by atoms with van der Waals surface area (Å²) in [6.45, 7) is 0. The van der Waals surface area contributed by atoms with Gasteiger partial charge in [0.25, 0.3) is 0 Å². The van der Waals surface area contributed by atoms with Gasteiger partial charge >= 0.3 is 5.97 Å². The van der Waals surface area contributed by atoms with E-state index in [9.17, 15) is 14.4 Å². The molecule has 0 aliphatic carbocycles. The Labute approximate surface area is 167 Å². The molecule has 3 atom stereocenters. The van der Waals surface area contributed by atoms with Crippen LogP contribution in [0.4, 0.5) is 0 Å². The number of carboxylic acids is 1. The Morgan fingerprint density at radius 1 is 1.11 bits per heavy atom. The van der Waals surface area contributed by atoms with E-state index in [0.29, 0.717) is 5.69 Å². The monoisotopic (exact) mass is 405 g/mol. The number of H-pyrrole nitrogens is 1. The van der Waals surface area contributed by atoms with Crippen LogP contribution in [0.15, 0.2) is 42.9 Å². The molecular weight excluding hydrogens is 382 g/mol. The number of thiol groups is 1. The molecule has 0 saturated heterocycles. The molecule has 0 radical (unpaired) electrons. The van der Waals surface area contributed by atoms with Crippen molar-refractivity contribution in [3.05, 3.63) is 54.1 Å². The minimum atomic E-state index is -1.20. The van der Waals surface area contributed by atoms with E-state index in [1.54, 1.807) is 6.20 Å². The Bertz CT molecular complexity index is 785. The number of carbonyl (C=O) groups excluding carboxylic acids is 2. The van der Waals surface area contributed by atoms with Gasteiger partial charge in [0, 0.05) is 30.5 Å². The van der Waals surface area contributed by atoms with Gasteiger partial charge < -0.3 is 26.5 Å². The fourth-order valence-electron chi connectivity index (χ4n) is 2.52. The van der Waals surface area contributed by atoms with Crippen molar-refractivity contribution in [2.45, 2.75) is 31.0 Å². The number of rotatable bonds is 10. The summed E-state index contributed by atoms with van der Waals surface area (Å²) < 4.78 is 0. The van der Waals surface area contributed by atoms with Gasteiger partial charge in [0.15, 0.2) is 0 Å². The fraction of sp³-hybridized carbons (Fsp3) is 0.333. The Morgan fingerprint density at radius 2 is 1.79 bits per heavy atom. The lowest BCUT2D eigenvalue weighted by Gasteiger charge is -2.22. The maximum absolute atomic E-state index is 12.6. The van der Waals surface area contributed by atoms with Gasteiger partial charge in [-0.2, -0.15) is 12.6 Å². The molecule has 6 N–H and O–H groups in total. The zero-order chi connectivity index (χ0) is 20.5. The molecular formula is C18H23N5O4S. The van der Waals surface area contributed by atoms with Crippen LogP contribution in [0.2, 0.25) is 0 Å². The molecule has 1 aromatic heterocycles. The highest BCUT2D eigenvalue weighted by atomic mass is 32.1. The van der Waals surface area contributed by atoms with E-state index in [1.165, 1.54) is 6.33 Å². The van der Waals surface area contributed by atoms with Crippen LogP contribution in [-0.2, 0) is 27.2 Å². The van der Waals surface area contributed by atoms with Crippen LogP contribution < -0.4 is 16.4 Å². The molecule has 9 nitrogen and oxygen atoms in total. The highest BCUT2D eigenvalue weighted by molar-refractivity contribution is 7.80. The molecule has 1 heterocycles. The predicted molar refractivity (Wildman–Crippen MR) is 106 cm³/mol. The molecule has 2 amide bonds. The molecule has 0 aliphatic rings. The summed E-state index contributed by atoms with van der Waals surface area (Å²) in [6, 6.07) is 6.03. The number of imidazole rings is 1. The number of hydrogen-bond donors (Lipinski definition) is 6. The summed E-state index contributed by atoms with van der Waals surface area (Å²) >= 11 is 3.94. The highest BCUT2D eigenvalue weighted by Gasteiger charge is 2.27. The first-order chi connectivity index (χ1) is 13.4. The van der Waals surface area contributed by atoms with Gasteiger partial charge in [-0.1, -0.05) is 30.3 Å². The van der Waals surface area contributed by atoms with E-state index >= 15 is 0 Å². The minimum Gasteiger partial charge on any atom is -0.480 e. The molecule has 150 valence electrons. The summed E-state index contributed by atoms with van der Waals surface area (Å²) in [5.74, 6) is -2.42. The second kappa shape index (κ2) is 10.5. The van der Waals surface area contributed by atoms with Crippen molar-refractivity contribution in [1.29, 1.82) is 0 Å². The molecule has 1 aromatic carbocycles. The number of nitrogens with zero attached hydrogens (tertiary/aromatic N) is 1. The second-order valence-electron chi connectivity index (χ2n) is 6.22. The van der Waals surface area contributed by atoms with Gasteiger partial charge in [-0.05, 0) is 5.56 Å². The number of amides is 2. The molecule has 0 spiro atoms. The zero-order valence-corrected chi connectivity index (χ0v) is 15.9. The van der Waals surface area contributed by atoms with E-state index in [0.717, 1.165) is 5.56 Å². The number of aliphatic carboxylic acids is 1. The Balaban J connectivity index is 2.09. The number of aromatic amines is 1. The quantitative estimate of drug-likeness (QED) is 0.294. The predicted octanol–water partition coefficient (Wildman–Crippen LogP) is -0.494. The topological polar surface area (TPSA) is 150 Å². The van der Waals surface area contributed by atoms with Crippen LogP contribution in [0, 0.1) is 0 Å². The standard InChI is InChI=1S/C18H23N5O4S/c19-13(7-12-8-20-10-21-12)16(24)22-14(6-11-4-2-1-3-5-11)17(25)23-15(9-28)18(26)27/h1-5,8,10,13-15,28H,6-7,9,19H2,(H,20,21)(H,22,24)(H,23,25)(H,26,27). The number of benzene rings is 1. The molecule has 3 unspecified atom stereocenters. The molecule has 0 saturated carbocycles. The largest absolute Gasteiger partial charge is 0.480 e. The number of carbonyl (C=O) groups is 3. The maximum atomic E-state index is 12.6. The first kappa shape index (κ1) is 21.5. The van der Waals surface area contributed by atoms with Crippen molar-refractivity contribution in [3.8, 4) is 0 Å². The van der Waals surface area contributed by atoms with Crippen molar-refractivity contribution in [3.63, 3.8) is 0 Å². The number of nitrogens with two attached hydrogens (primary N) is 1. The van der Waals surface area contributed by atoms with Crippen molar-refractivity contribution >= 4 is 30.4 Å². The first-order valence-corrected chi connectivity index (χ1v) is 9.25. The van der Waals surface area contributed by atoms with E-state index in [1.807, 2.05) is 30.3 Å². The molecule has 0 aliphatic heterocycles. The third-order valence-corrected chi connectivity index (χ3v) is 4.41. The summed E-state index contributed by atoms with van der Waals surface area (Å²) in [5, 5.41) is 14.1. The average molecular weight is 405 g/mol. The van der Waals surface area contributed by atoms with Gasteiger partial charge in [-0.15, -0.1) is 0 Å². The average Bonchev–Trinajstić information content (AvgIpc) is 3.18. The lowest BCUT2D eigenvalue weighted by molar-refractivity contribution is -0.141. The Morgan fingerprint density at radius 3 is 2.36 bits per heavy atom. The van der Waals surface area contributed by atoms with E-state index in [2.05, 4.69) is 33.2 Å². The number of hydrogen-bond acceptors (Lipinski definition) is 6. The number of carboxylic acid groups (broad SMARTS) is 1. The van der Waals surface area contributed by atoms with Gasteiger partial charge in [0.1, 0.15) is 12.1 Å². The summed E-state index contributed by atoms with van der Waals surface area (Å²) in [4.78, 5) is 43.0. The lowest BCUT2D eigenvalue weighted by atomic mass is 10.0. The van der Waals surface area contributed by atoms with Crippen molar-refractivity contribution in [2.75, 3.05) is 5.75 Å². The van der Waals surface area contributed by atoms with Crippen molar-refractivity contribution in [2.24, 2.45) is 5.73 Å². The molecule has 10 heteroatoms. The van der Waals surface area contributed by atoms with E-state index in [-0.39, 0.29) is 18.6 Å². The molecule has 2 rings (SSSR count). The SMILES string of the molecule is NC(Cc1cnc[nH]1)C(=O)NC(Cc1ccccc1)C(=O)NC(CS)C(=O)O. The van der Waals surface area contributed by atoms with Crippen LogP contribution in [0.3, 0.4) is 0 Å². The Hall–Kier alpha value is -2.85. The van der Waals surface area contributed by atoms with Gasteiger partial charge in [-0.25, -0.2) is 9.78 Å². The van der Waals surface area contributed by atoms with Crippen LogP contribution in [0.25, 0.3) is 0 Å². The third-order valence-electron chi connectivity index (χ3n) is 4.04. The van der Waals surface area contributed by atoms with Crippen LogP contribution in [0.5, 0.6) is 0 Å². The van der Waals surface area contributed by atoms with Crippen LogP contribution in [-0.4, -0.2) is 56.7 Å². The molecule has 0 fully saturated rings. The van der Waals surface area contributed by atoms with Gasteiger partial charge in [-0.3, -0.25) is 9.59 Å². The lowest BCUT2D eigenvalue weighted by Crippen LogP contribution is -2.55. The minimum absolute atomic E-state index is 0.0770. The summed E-state index contributed by atoms with van der Waals surface area (Å²) in [6.07, 6.45) is 3.45. The number of aromatic nitrogens is 2. The maximum Gasteiger partial charge on any atom is 0.327 e. The zero-order valence-electron chi connectivity index (χ0n) is 15.0. The number of nitrogens with one attached hydrogen (secondary N) is 3. The molecule has 0 bridgehead atoms. The smallest absolute Gasteiger partial charge is 0.327 e. The second-order valence-corrected chi connectivity index (χ2v) is 6.59. The van der Waals surface area contributed by atoms with E-state index in [4.69, 9.17) is 10.8 Å². The summed E-state index contributed by atoms with van der Waals surface area (Å²) in [5.41, 5.74) is 7.42. The third kappa shape index (κ3) is 6.39. The van der Waals surface area contributed by atoms with Crippen LogP contribution >= 0.6 is 12.6 Å². The highest BCUT2D eigenvalue weighted by Crippen LogP contribution is 2.05. The van der Waals surface area contributed by atoms with Crippen LogP contribution in [0.1, 0.15) is 11.3 Å². The van der Waals surface area contributed by atoms with Crippen molar-refractivity contribution < 1.29 is 19.5 Å². The summed E-state index contributed by atoms with van der Waals surface area (Å²) in [7, 11) is 0. The van der Waals surface area contributed by atoms with E-state index < -0.39 is 35.9 Å².